The first kappa shape index (κ1) is 17.5. The Labute approximate surface area is 136 Å². The Bertz CT molecular complexity index is 757. The summed E-state index contributed by atoms with van der Waals surface area (Å²) in [5.74, 6) is -0.870. The van der Waals surface area contributed by atoms with Gasteiger partial charge in [-0.2, -0.15) is 13.2 Å². The van der Waals surface area contributed by atoms with E-state index in [1.54, 1.807) is 24.3 Å². The Kier molecular flexibility index (Phi) is 5.23. The summed E-state index contributed by atoms with van der Waals surface area (Å²) in [6, 6.07) is 10.7. The van der Waals surface area contributed by atoms with Gasteiger partial charge in [0.1, 0.15) is 5.75 Å². The van der Waals surface area contributed by atoms with Gasteiger partial charge in [-0.25, -0.2) is 0 Å². The lowest BCUT2D eigenvalue weighted by atomic mass is 10.1. The molecule has 0 aliphatic heterocycles. The van der Waals surface area contributed by atoms with E-state index < -0.39 is 24.3 Å². The molecule has 0 spiro atoms. The van der Waals surface area contributed by atoms with Crippen molar-refractivity contribution in [3.05, 3.63) is 59.7 Å². The fourth-order valence-corrected chi connectivity index (χ4v) is 2.00. The third-order valence-electron chi connectivity index (χ3n) is 3.11. The number of nitrogens with one attached hydrogen (secondary N) is 1. The highest BCUT2D eigenvalue weighted by molar-refractivity contribution is 6.03. The van der Waals surface area contributed by atoms with E-state index in [-0.39, 0.29) is 11.5 Å². The van der Waals surface area contributed by atoms with Crippen LogP contribution < -0.4 is 10.1 Å². The molecule has 0 atom stereocenters. The van der Waals surface area contributed by atoms with Crippen molar-refractivity contribution >= 4 is 17.4 Å². The zero-order valence-electron chi connectivity index (χ0n) is 12.7. The van der Waals surface area contributed by atoms with Crippen molar-refractivity contribution in [2.24, 2.45) is 0 Å². The van der Waals surface area contributed by atoms with Crippen molar-refractivity contribution in [2.45, 2.75) is 13.1 Å². The number of carbonyl (C=O) groups is 2. The summed E-state index contributed by atoms with van der Waals surface area (Å²) in [5, 5.41) is 2.50. The smallest absolute Gasteiger partial charge is 0.416 e. The predicted octanol–water partition coefficient (Wildman–Crippen LogP) is 3.93. The van der Waals surface area contributed by atoms with Crippen LogP contribution >= 0.6 is 0 Å². The first-order valence-corrected chi connectivity index (χ1v) is 6.97. The molecule has 1 N–H and O–H groups in total. The molecule has 0 heterocycles. The molecule has 0 saturated heterocycles. The molecule has 2 rings (SSSR count). The van der Waals surface area contributed by atoms with E-state index in [1.807, 2.05) is 0 Å². The van der Waals surface area contributed by atoms with Crippen molar-refractivity contribution in [3.63, 3.8) is 0 Å². The van der Waals surface area contributed by atoms with Gasteiger partial charge in [0.15, 0.2) is 12.4 Å². The molecule has 2 aromatic rings. The second-order valence-corrected chi connectivity index (χ2v) is 4.96. The number of halogens is 3. The molecule has 126 valence electrons. The lowest BCUT2D eigenvalue weighted by Crippen LogP contribution is -2.21. The van der Waals surface area contributed by atoms with Gasteiger partial charge in [0, 0.05) is 5.56 Å². The Balaban J connectivity index is 2.01. The Morgan fingerprint density at radius 2 is 1.79 bits per heavy atom. The number of anilines is 1. The number of ether oxygens (including phenoxy) is 1. The summed E-state index contributed by atoms with van der Waals surface area (Å²) in [6.07, 6.45) is -4.48. The maximum atomic E-state index is 12.6. The van der Waals surface area contributed by atoms with Gasteiger partial charge in [-0.05, 0) is 37.3 Å². The highest BCUT2D eigenvalue weighted by atomic mass is 19.4. The van der Waals surface area contributed by atoms with Crippen LogP contribution in [0, 0.1) is 0 Å². The minimum Gasteiger partial charge on any atom is -0.484 e. The Hall–Kier alpha value is -2.83. The molecule has 0 unspecified atom stereocenters. The third kappa shape index (κ3) is 4.58. The van der Waals surface area contributed by atoms with E-state index in [4.69, 9.17) is 4.74 Å². The summed E-state index contributed by atoms with van der Waals surface area (Å²) in [7, 11) is 0. The number of alkyl halides is 3. The van der Waals surface area contributed by atoms with Gasteiger partial charge in [-0.15, -0.1) is 0 Å². The highest BCUT2D eigenvalue weighted by Crippen LogP contribution is 2.31. The number of rotatable bonds is 5. The number of para-hydroxylation sites is 1. The van der Waals surface area contributed by atoms with Crippen molar-refractivity contribution in [1.82, 2.24) is 0 Å². The number of ketones is 1. The summed E-state index contributed by atoms with van der Waals surface area (Å²) < 4.78 is 42.9. The molecule has 24 heavy (non-hydrogen) atoms. The third-order valence-corrected chi connectivity index (χ3v) is 3.11. The number of hydrogen-bond donors (Lipinski definition) is 1. The zero-order valence-corrected chi connectivity index (χ0v) is 12.7. The minimum atomic E-state index is -4.48. The first-order chi connectivity index (χ1) is 11.3. The van der Waals surface area contributed by atoms with Crippen molar-refractivity contribution in [2.75, 3.05) is 11.9 Å². The standard InChI is InChI=1S/C17H14F3NO3/c1-11(22)14-7-2-3-8-15(14)21-16(23)10-24-13-6-4-5-12(9-13)17(18,19)20/h2-9H,10H2,1H3,(H,21,23). The molecule has 4 nitrogen and oxygen atoms in total. The Morgan fingerprint density at radius 1 is 1.08 bits per heavy atom. The first-order valence-electron chi connectivity index (χ1n) is 6.97. The van der Waals surface area contributed by atoms with Crippen LogP contribution in [0.4, 0.5) is 18.9 Å². The number of Topliss-reactive ketones (excluding diaryl/α,β-unsaturated/α-hetero) is 1. The molecule has 0 bridgehead atoms. The van der Waals surface area contributed by atoms with Crippen molar-refractivity contribution in [3.8, 4) is 5.75 Å². The lowest BCUT2D eigenvalue weighted by molar-refractivity contribution is -0.137. The van der Waals surface area contributed by atoms with Crippen LogP contribution in [-0.4, -0.2) is 18.3 Å². The fourth-order valence-electron chi connectivity index (χ4n) is 2.00. The summed E-state index contributed by atoms with van der Waals surface area (Å²) >= 11 is 0. The largest absolute Gasteiger partial charge is 0.484 e. The van der Waals surface area contributed by atoms with E-state index in [0.717, 1.165) is 12.1 Å². The monoisotopic (exact) mass is 337 g/mol. The SMILES string of the molecule is CC(=O)c1ccccc1NC(=O)COc1cccc(C(F)(F)F)c1. The van der Waals surface area contributed by atoms with Crippen LogP contribution in [0.3, 0.4) is 0 Å². The molecular weight excluding hydrogens is 323 g/mol. The normalized spacial score (nSPS) is 11.0. The Morgan fingerprint density at radius 3 is 2.46 bits per heavy atom. The average Bonchev–Trinajstić information content (AvgIpc) is 2.53. The second-order valence-electron chi connectivity index (χ2n) is 4.96. The molecule has 7 heteroatoms. The van der Waals surface area contributed by atoms with Crippen LogP contribution in [0.15, 0.2) is 48.5 Å². The van der Waals surface area contributed by atoms with E-state index in [2.05, 4.69) is 5.32 Å². The van der Waals surface area contributed by atoms with Crippen LogP contribution in [0.5, 0.6) is 5.75 Å². The van der Waals surface area contributed by atoms with Gasteiger partial charge in [-0.3, -0.25) is 9.59 Å². The molecule has 0 radical (unpaired) electrons. The van der Waals surface area contributed by atoms with Gasteiger partial charge in [-0.1, -0.05) is 18.2 Å². The molecule has 0 aliphatic rings. The van der Waals surface area contributed by atoms with E-state index in [0.29, 0.717) is 11.3 Å². The molecular formula is C17H14F3NO3. The van der Waals surface area contributed by atoms with Crippen LogP contribution in [-0.2, 0) is 11.0 Å². The number of hydrogen-bond acceptors (Lipinski definition) is 3. The minimum absolute atomic E-state index is 0.0696. The number of amides is 1. The summed E-state index contributed by atoms with van der Waals surface area (Å²) in [4.78, 5) is 23.3. The van der Waals surface area contributed by atoms with Crippen molar-refractivity contribution in [1.29, 1.82) is 0 Å². The van der Waals surface area contributed by atoms with Gasteiger partial charge < -0.3 is 10.1 Å². The van der Waals surface area contributed by atoms with Gasteiger partial charge in [0.05, 0.1) is 11.3 Å². The van der Waals surface area contributed by atoms with Gasteiger partial charge >= 0.3 is 6.18 Å². The van der Waals surface area contributed by atoms with Crippen LogP contribution in [0.2, 0.25) is 0 Å². The van der Waals surface area contributed by atoms with Gasteiger partial charge in [0.2, 0.25) is 0 Å². The quantitative estimate of drug-likeness (QED) is 0.841. The average molecular weight is 337 g/mol. The summed E-state index contributed by atoms with van der Waals surface area (Å²) in [6.45, 7) is 0.887. The van der Waals surface area contributed by atoms with E-state index >= 15 is 0 Å². The molecule has 0 aliphatic carbocycles. The zero-order chi connectivity index (χ0) is 17.7. The highest BCUT2D eigenvalue weighted by Gasteiger charge is 2.30. The van der Waals surface area contributed by atoms with Crippen molar-refractivity contribution < 1.29 is 27.5 Å². The van der Waals surface area contributed by atoms with E-state index in [9.17, 15) is 22.8 Å². The van der Waals surface area contributed by atoms with Crippen LogP contribution in [0.25, 0.3) is 0 Å². The topological polar surface area (TPSA) is 55.4 Å². The lowest BCUT2D eigenvalue weighted by Gasteiger charge is -2.11. The molecule has 0 fully saturated rings. The summed E-state index contributed by atoms with van der Waals surface area (Å²) in [5.41, 5.74) is -0.199. The molecule has 2 aromatic carbocycles. The molecule has 0 saturated carbocycles. The number of carbonyl (C=O) groups excluding carboxylic acids is 2. The van der Waals surface area contributed by atoms with Gasteiger partial charge in [0.25, 0.3) is 5.91 Å². The number of benzene rings is 2. The second kappa shape index (κ2) is 7.16. The maximum absolute atomic E-state index is 12.6. The molecule has 0 aromatic heterocycles. The van der Waals surface area contributed by atoms with E-state index in [1.165, 1.54) is 19.1 Å². The maximum Gasteiger partial charge on any atom is 0.416 e. The fraction of sp³-hybridized carbons (Fsp3) is 0.176. The predicted molar refractivity (Wildman–Crippen MR) is 82.0 cm³/mol. The van der Waals surface area contributed by atoms with Crippen LogP contribution in [0.1, 0.15) is 22.8 Å². The molecule has 1 amide bonds.